The molecule has 0 aromatic rings. The summed E-state index contributed by atoms with van der Waals surface area (Å²) >= 11 is 0. The van der Waals surface area contributed by atoms with E-state index in [4.69, 9.17) is 5.84 Å². The Labute approximate surface area is 103 Å². The largest absolute Gasteiger partial charge is 0.389 e. The molecule has 4 N–H and O–H groups in total. The van der Waals surface area contributed by atoms with Gasteiger partial charge in [0.2, 0.25) is 5.91 Å². The predicted octanol–water partition coefficient (Wildman–Crippen LogP) is 0.239. The van der Waals surface area contributed by atoms with E-state index in [0.29, 0.717) is 13.1 Å². The van der Waals surface area contributed by atoms with Gasteiger partial charge >= 0.3 is 0 Å². The molecule has 0 atom stereocenters. The third-order valence-electron chi connectivity index (χ3n) is 3.51. The van der Waals surface area contributed by atoms with Crippen LogP contribution in [0, 0.1) is 5.41 Å². The fourth-order valence-electron chi connectivity index (χ4n) is 2.69. The number of hydrogen-bond donors (Lipinski definition) is 3. The minimum atomic E-state index is -0.565. The van der Waals surface area contributed by atoms with Gasteiger partial charge in [-0.1, -0.05) is 12.8 Å². The Morgan fingerprint density at radius 2 is 2.00 bits per heavy atom. The van der Waals surface area contributed by atoms with Crippen molar-refractivity contribution in [2.24, 2.45) is 11.3 Å². The van der Waals surface area contributed by atoms with Crippen molar-refractivity contribution >= 4 is 5.91 Å². The van der Waals surface area contributed by atoms with Gasteiger partial charge in [0.25, 0.3) is 0 Å². The molecule has 1 saturated carbocycles. The lowest BCUT2D eigenvalue weighted by atomic mass is 9.91. The standard InChI is InChI=1S/C12H25N3O2/c1-11(2,10(16)14-13)8-15(3)9-12(17)6-4-5-7-12/h17H,4-9,13H2,1-3H3,(H,14,16). The Morgan fingerprint density at radius 3 is 2.47 bits per heavy atom. The van der Waals surface area contributed by atoms with Crippen LogP contribution in [0.25, 0.3) is 0 Å². The van der Waals surface area contributed by atoms with E-state index in [0.717, 1.165) is 25.7 Å². The SMILES string of the molecule is CN(CC1(O)CCCC1)CC(C)(C)C(=O)NN. The van der Waals surface area contributed by atoms with Gasteiger partial charge in [-0.05, 0) is 33.7 Å². The fraction of sp³-hybridized carbons (Fsp3) is 0.917. The van der Waals surface area contributed by atoms with Crippen LogP contribution >= 0.6 is 0 Å². The minimum absolute atomic E-state index is 0.178. The van der Waals surface area contributed by atoms with Crippen molar-refractivity contribution in [3.05, 3.63) is 0 Å². The Morgan fingerprint density at radius 1 is 1.47 bits per heavy atom. The molecule has 0 aromatic heterocycles. The van der Waals surface area contributed by atoms with Gasteiger partial charge in [0.1, 0.15) is 0 Å². The summed E-state index contributed by atoms with van der Waals surface area (Å²) < 4.78 is 0. The van der Waals surface area contributed by atoms with Crippen molar-refractivity contribution in [3.8, 4) is 0 Å². The molecule has 0 unspecified atom stereocenters. The molecule has 0 spiro atoms. The molecule has 100 valence electrons. The molecule has 1 amide bonds. The van der Waals surface area contributed by atoms with Crippen molar-refractivity contribution in [1.82, 2.24) is 10.3 Å². The average molecular weight is 243 g/mol. The molecule has 17 heavy (non-hydrogen) atoms. The highest BCUT2D eigenvalue weighted by Gasteiger charge is 2.35. The Kier molecular flexibility index (Phi) is 4.52. The summed E-state index contributed by atoms with van der Waals surface area (Å²) in [6.07, 6.45) is 3.91. The van der Waals surface area contributed by atoms with Crippen LogP contribution in [-0.2, 0) is 4.79 Å². The summed E-state index contributed by atoms with van der Waals surface area (Å²) in [7, 11) is 1.93. The second kappa shape index (κ2) is 5.33. The van der Waals surface area contributed by atoms with E-state index in [9.17, 15) is 9.90 Å². The first-order valence-electron chi connectivity index (χ1n) is 6.21. The van der Waals surface area contributed by atoms with Crippen LogP contribution < -0.4 is 11.3 Å². The number of nitrogens with one attached hydrogen (secondary N) is 1. The van der Waals surface area contributed by atoms with Gasteiger partial charge in [0.15, 0.2) is 0 Å². The van der Waals surface area contributed by atoms with E-state index >= 15 is 0 Å². The van der Waals surface area contributed by atoms with Crippen LogP contribution in [0.3, 0.4) is 0 Å². The van der Waals surface area contributed by atoms with Crippen LogP contribution in [0.4, 0.5) is 0 Å². The van der Waals surface area contributed by atoms with Gasteiger partial charge < -0.3 is 10.0 Å². The summed E-state index contributed by atoms with van der Waals surface area (Å²) in [6, 6.07) is 0. The number of likely N-dealkylation sites (N-methyl/N-ethyl adjacent to an activating group) is 1. The maximum absolute atomic E-state index is 11.6. The lowest BCUT2D eigenvalue weighted by molar-refractivity contribution is -0.130. The molecule has 1 rings (SSSR count). The number of carbonyl (C=O) groups is 1. The van der Waals surface area contributed by atoms with Crippen molar-refractivity contribution < 1.29 is 9.90 Å². The number of nitrogens with two attached hydrogens (primary N) is 1. The minimum Gasteiger partial charge on any atom is -0.389 e. The Balaban J connectivity index is 2.48. The maximum Gasteiger partial charge on any atom is 0.240 e. The highest BCUT2D eigenvalue weighted by atomic mass is 16.3. The molecule has 0 aromatic carbocycles. The van der Waals surface area contributed by atoms with E-state index in [1.165, 1.54) is 0 Å². The lowest BCUT2D eigenvalue weighted by Gasteiger charge is -2.33. The summed E-state index contributed by atoms with van der Waals surface area (Å²) in [5, 5.41) is 10.3. The fourth-order valence-corrected chi connectivity index (χ4v) is 2.69. The smallest absolute Gasteiger partial charge is 0.240 e. The molecule has 0 heterocycles. The van der Waals surface area contributed by atoms with Gasteiger partial charge in [-0.2, -0.15) is 0 Å². The van der Waals surface area contributed by atoms with Crippen molar-refractivity contribution in [1.29, 1.82) is 0 Å². The molecule has 1 aliphatic carbocycles. The molecule has 0 radical (unpaired) electrons. The second-order valence-corrected chi connectivity index (χ2v) is 5.96. The first kappa shape index (κ1) is 14.4. The lowest BCUT2D eigenvalue weighted by Crippen LogP contribution is -2.49. The third kappa shape index (κ3) is 3.94. The molecule has 5 nitrogen and oxygen atoms in total. The predicted molar refractivity (Wildman–Crippen MR) is 67.0 cm³/mol. The summed E-state index contributed by atoms with van der Waals surface area (Å²) in [5.74, 6) is 4.98. The number of hydrazine groups is 1. The Hall–Kier alpha value is -0.650. The summed E-state index contributed by atoms with van der Waals surface area (Å²) in [6.45, 7) is 4.90. The van der Waals surface area contributed by atoms with Crippen LogP contribution in [0.1, 0.15) is 39.5 Å². The van der Waals surface area contributed by atoms with Crippen LogP contribution in [0.5, 0.6) is 0 Å². The summed E-state index contributed by atoms with van der Waals surface area (Å²) in [4.78, 5) is 13.6. The average Bonchev–Trinajstić information content (AvgIpc) is 2.62. The van der Waals surface area contributed by atoms with Gasteiger partial charge in [0, 0.05) is 13.1 Å². The zero-order chi connectivity index (χ0) is 13.1. The second-order valence-electron chi connectivity index (χ2n) is 5.96. The van der Waals surface area contributed by atoms with Gasteiger partial charge in [-0.3, -0.25) is 10.2 Å². The number of hydrogen-bond acceptors (Lipinski definition) is 4. The van der Waals surface area contributed by atoms with E-state index < -0.39 is 11.0 Å². The highest BCUT2D eigenvalue weighted by molar-refractivity contribution is 5.81. The van der Waals surface area contributed by atoms with E-state index in [1.807, 2.05) is 25.8 Å². The number of amides is 1. The van der Waals surface area contributed by atoms with Crippen LogP contribution in [0.15, 0.2) is 0 Å². The molecule has 0 saturated heterocycles. The maximum atomic E-state index is 11.6. The van der Waals surface area contributed by atoms with Crippen molar-refractivity contribution in [3.63, 3.8) is 0 Å². The number of rotatable bonds is 5. The van der Waals surface area contributed by atoms with E-state index in [2.05, 4.69) is 5.43 Å². The molecule has 0 aliphatic heterocycles. The zero-order valence-corrected chi connectivity index (χ0v) is 11.1. The van der Waals surface area contributed by atoms with Crippen molar-refractivity contribution in [2.75, 3.05) is 20.1 Å². The first-order valence-corrected chi connectivity index (χ1v) is 6.21. The molecule has 1 aliphatic rings. The quantitative estimate of drug-likeness (QED) is 0.367. The number of nitrogens with zero attached hydrogens (tertiary/aromatic N) is 1. The molecular formula is C12H25N3O2. The van der Waals surface area contributed by atoms with Crippen molar-refractivity contribution in [2.45, 2.75) is 45.1 Å². The van der Waals surface area contributed by atoms with Crippen LogP contribution in [0.2, 0.25) is 0 Å². The highest BCUT2D eigenvalue weighted by Crippen LogP contribution is 2.30. The summed E-state index contributed by atoms with van der Waals surface area (Å²) in [5.41, 5.74) is 1.08. The molecule has 1 fully saturated rings. The third-order valence-corrected chi connectivity index (χ3v) is 3.51. The zero-order valence-electron chi connectivity index (χ0n) is 11.1. The Bertz CT molecular complexity index is 273. The number of carbonyl (C=O) groups excluding carboxylic acids is 1. The monoisotopic (exact) mass is 243 g/mol. The van der Waals surface area contributed by atoms with E-state index in [-0.39, 0.29) is 5.91 Å². The van der Waals surface area contributed by atoms with E-state index in [1.54, 1.807) is 0 Å². The van der Waals surface area contributed by atoms with Gasteiger partial charge in [-0.25, -0.2) is 5.84 Å². The normalized spacial score (nSPS) is 19.6. The van der Waals surface area contributed by atoms with Gasteiger partial charge in [-0.15, -0.1) is 0 Å². The molecule has 0 bridgehead atoms. The first-order chi connectivity index (χ1) is 7.79. The molecule has 5 heteroatoms. The molecular weight excluding hydrogens is 218 g/mol. The van der Waals surface area contributed by atoms with Crippen LogP contribution in [-0.4, -0.2) is 41.7 Å². The topological polar surface area (TPSA) is 78.6 Å². The number of aliphatic hydroxyl groups is 1. The van der Waals surface area contributed by atoms with Gasteiger partial charge in [0.05, 0.1) is 11.0 Å².